The summed E-state index contributed by atoms with van der Waals surface area (Å²) in [4.78, 5) is 11.7. The lowest BCUT2D eigenvalue weighted by molar-refractivity contribution is -0.153. The number of benzene rings is 1. The maximum absolute atomic E-state index is 11.7. The molecule has 1 unspecified atom stereocenters. The third-order valence-corrected chi connectivity index (χ3v) is 3.27. The minimum Gasteiger partial charge on any atom is -0.493 e. The third kappa shape index (κ3) is 6.06. The topological polar surface area (TPSA) is 55.8 Å². The lowest BCUT2D eigenvalue weighted by Gasteiger charge is -2.19. The van der Waals surface area contributed by atoms with Crippen LogP contribution in [0.3, 0.4) is 0 Å². The molecule has 22 heavy (non-hydrogen) atoms. The Morgan fingerprint density at radius 2 is 1.91 bits per heavy atom. The zero-order chi connectivity index (χ0) is 16.6. The monoisotopic (exact) mass is 308 g/mol. The fourth-order valence-electron chi connectivity index (χ4n) is 1.85. The van der Waals surface area contributed by atoms with Crippen molar-refractivity contribution in [3.05, 3.63) is 29.8 Å². The lowest BCUT2D eigenvalue weighted by atomic mass is 9.97. The van der Waals surface area contributed by atoms with Gasteiger partial charge in [0.15, 0.2) is 0 Å². The van der Waals surface area contributed by atoms with Crippen molar-refractivity contribution in [1.82, 2.24) is 0 Å². The van der Waals surface area contributed by atoms with Crippen molar-refractivity contribution in [3.8, 4) is 5.75 Å². The molecule has 124 valence electrons. The van der Waals surface area contributed by atoms with Gasteiger partial charge in [-0.25, -0.2) is 0 Å². The standard InChI is InChI=1S/C18H28O4/c1-5-6-12-21-16-10-8-7-9-14(16)15(19)11-13-22-17(20)18(2,3)4/h7-10,15,19H,5-6,11-13H2,1-4H3. The van der Waals surface area contributed by atoms with Crippen molar-refractivity contribution in [3.63, 3.8) is 0 Å². The Bertz CT molecular complexity index is 462. The van der Waals surface area contributed by atoms with E-state index in [2.05, 4.69) is 6.92 Å². The molecular weight excluding hydrogens is 280 g/mol. The van der Waals surface area contributed by atoms with E-state index >= 15 is 0 Å². The largest absolute Gasteiger partial charge is 0.493 e. The number of para-hydroxylation sites is 1. The number of ether oxygens (including phenoxy) is 2. The van der Waals surface area contributed by atoms with Crippen LogP contribution in [0.15, 0.2) is 24.3 Å². The predicted molar refractivity (Wildman–Crippen MR) is 86.8 cm³/mol. The lowest BCUT2D eigenvalue weighted by Crippen LogP contribution is -2.23. The highest BCUT2D eigenvalue weighted by molar-refractivity contribution is 5.75. The highest BCUT2D eigenvalue weighted by Gasteiger charge is 2.23. The SMILES string of the molecule is CCCCOc1ccccc1C(O)CCOC(=O)C(C)(C)C. The molecular formula is C18H28O4. The first kappa shape index (κ1) is 18.5. The second-order valence-corrected chi connectivity index (χ2v) is 6.43. The first-order chi connectivity index (χ1) is 10.4. The van der Waals surface area contributed by atoms with E-state index < -0.39 is 11.5 Å². The van der Waals surface area contributed by atoms with Crippen LogP contribution in [0.4, 0.5) is 0 Å². The first-order valence-corrected chi connectivity index (χ1v) is 7.93. The molecule has 1 N–H and O–H groups in total. The molecule has 1 aromatic carbocycles. The van der Waals surface area contributed by atoms with Crippen LogP contribution in [0.1, 0.15) is 58.6 Å². The third-order valence-electron chi connectivity index (χ3n) is 3.27. The number of esters is 1. The number of carbonyl (C=O) groups is 1. The smallest absolute Gasteiger partial charge is 0.311 e. The van der Waals surface area contributed by atoms with Crippen molar-refractivity contribution in [1.29, 1.82) is 0 Å². The van der Waals surface area contributed by atoms with Crippen LogP contribution in [0, 0.1) is 5.41 Å². The van der Waals surface area contributed by atoms with Crippen LogP contribution < -0.4 is 4.74 Å². The molecule has 0 saturated heterocycles. The summed E-state index contributed by atoms with van der Waals surface area (Å²) in [6.45, 7) is 8.36. The number of hydrogen-bond donors (Lipinski definition) is 1. The van der Waals surface area contributed by atoms with Gasteiger partial charge in [-0.15, -0.1) is 0 Å². The highest BCUT2D eigenvalue weighted by Crippen LogP contribution is 2.27. The summed E-state index contributed by atoms with van der Waals surface area (Å²) in [5.74, 6) is 0.442. The molecule has 1 atom stereocenters. The fourth-order valence-corrected chi connectivity index (χ4v) is 1.85. The van der Waals surface area contributed by atoms with Crippen LogP contribution in [0.2, 0.25) is 0 Å². The van der Waals surface area contributed by atoms with Crippen molar-refractivity contribution in [2.75, 3.05) is 13.2 Å². The van der Waals surface area contributed by atoms with Crippen LogP contribution in [0.25, 0.3) is 0 Å². The van der Waals surface area contributed by atoms with Gasteiger partial charge < -0.3 is 14.6 Å². The molecule has 1 rings (SSSR count). The van der Waals surface area contributed by atoms with Gasteiger partial charge in [-0.1, -0.05) is 31.5 Å². The van der Waals surface area contributed by atoms with E-state index in [4.69, 9.17) is 9.47 Å². The summed E-state index contributed by atoms with van der Waals surface area (Å²) in [6, 6.07) is 7.45. The van der Waals surface area contributed by atoms with E-state index in [1.54, 1.807) is 0 Å². The molecule has 0 saturated carbocycles. The Kier molecular flexibility index (Phi) is 7.39. The van der Waals surface area contributed by atoms with Crippen molar-refractivity contribution in [2.24, 2.45) is 5.41 Å². The minimum atomic E-state index is -0.703. The van der Waals surface area contributed by atoms with E-state index in [0.717, 1.165) is 18.4 Å². The van der Waals surface area contributed by atoms with E-state index in [9.17, 15) is 9.90 Å². The predicted octanol–water partition coefficient (Wildman–Crippen LogP) is 3.88. The molecule has 0 bridgehead atoms. The molecule has 0 radical (unpaired) electrons. The van der Waals surface area contributed by atoms with Gasteiger partial charge in [0.2, 0.25) is 0 Å². The molecule has 4 nitrogen and oxygen atoms in total. The maximum atomic E-state index is 11.7. The van der Waals surface area contributed by atoms with Crippen LogP contribution >= 0.6 is 0 Å². The number of unbranched alkanes of at least 4 members (excludes halogenated alkanes) is 1. The molecule has 0 amide bonds. The molecule has 0 aliphatic carbocycles. The van der Waals surface area contributed by atoms with E-state index in [0.29, 0.717) is 18.8 Å². The normalized spacial score (nSPS) is 12.8. The van der Waals surface area contributed by atoms with Gasteiger partial charge in [-0.05, 0) is 33.3 Å². The molecule has 0 aliphatic rings. The summed E-state index contributed by atoms with van der Waals surface area (Å²) in [6.07, 6.45) is 1.70. The number of aliphatic hydroxyl groups excluding tert-OH is 1. The average Bonchev–Trinajstić information content (AvgIpc) is 2.46. The Morgan fingerprint density at radius 3 is 2.55 bits per heavy atom. The molecule has 0 heterocycles. The number of rotatable bonds is 8. The van der Waals surface area contributed by atoms with Gasteiger partial charge in [0.1, 0.15) is 5.75 Å². The van der Waals surface area contributed by atoms with Crippen LogP contribution in [-0.2, 0) is 9.53 Å². The zero-order valence-electron chi connectivity index (χ0n) is 14.1. The van der Waals surface area contributed by atoms with Gasteiger partial charge in [0, 0.05) is 12.0 Å². The van der Waals surface area contributed by atoms with Gasteiger partial charge in [0.05, 0.1) is 24.7 Å². The second kappa shape index (κ2) is 8.79. The molecule has 0 aromatic heterocycles. The van der Waals surface area contributed by atoms with E-state index in [1.165, 1.54) is 0 Å². The van der Waals surface area contributed by atoms with Gasteiger partial charge in [-0.3, -0.25) is 4.79 Å². The van der Waals surface area contributed by atoms with E-state index in [-0.39, 0.29) is 12.6 Å². The Morgan fingerprint density at radius 1 is 1.23 bits per heavy atom. The quantitative estimate of drug-likeness (QED) is 0.585. The van der Waals surface area contributed by atoms with Crippen LogP contribution in [0.5, 0.6) is 5.75 Å². The minimum absolute atomic E-state index is 0.195. The second-order valence-electron chi connectivity index (χ2n) is 6.43. The van der Waals surface area contributed by atoms with Crippen LogP contribution in [-0.4, -0.2) is 24.3 Å². The Balaban J connectivity index is 2.54. The summed E-state index contributed by atoms with van der Waals surface area (Å²) >= 11 is 0. The molecule has 0 aliphatic heterocycles. The number of hydrogen-bond acceptors (Lipinski definition) is 4. The molecule has 0 fully saturated rings. The van der Waals surface area contributed by atoms with Crippen molar-refractivity contribution >= 4 is 5.97 Å². The van der Waals surface area contributed by atoms with Gasteiger partial charge in [0.25, 0.3) is 0 Å². The van der Waals surface area contributed by atoms with Gasteiger partial charge >= 0.3 is 5.97 Å². The van der Waals surface area contributed by atoms with Crippen molar-refractivity contribution in [2.45, 2.75) is 53.1 Å². The number of aliphatic hydroxyl groups is 1. The highest BCUT2D eigenvalue weighted by atomic mass is 16.5. The van der Waals surface area contributed by atoms with Crippen molar-refractivity contribution < 1.29 is 19.4 Å². The number of carbonyl (C=O) groups excluding carboxylic acids is 1. The van der Waals surface area contributed by atoms with E-state index in [1.807, 2.05) is 45.0 Å². The molecule has 1 aromatic rings. The first-order valence-electron chi connectivity index (χ1n) is 7.93. The maximum Gasteiger partial charge on any atom is 0.311 e. The summed E-state index contributed by atoms with van der Waals surface area (Å²) in [7, 11) is 0. The summed E-state index contributed by atoms with van der Waals surface area (Å²) in [5, 5.41) is 10.3. The fraction of sp³-hybridized carbons (Fsp3) is 0.611. The average molecular weight is 308 g/mol. The Labute approximate surface area is 133 Å². The molecule has 4 heteroatoms. The summed E-state index contributed by atoms with van der Waals surface area (Å²) in [5.41, 5.74) is 0.219. The molecule has 0 spiro atoms. The zero-order valence-corrected chi connectivity index (χ0v) is 14.1. The summed E-state index contributed by atoms with van der Waals surface area (Å²) < 4.78 is 10.9. The Hall–Kier alpha value is -1.55. The van der Waals surface area contributed by atoms with Gasteiger partial charge in [-0.2, -0.15) is 0 Å².